The maximum Gasteiger partial charge on any atom is 0.119 e. The highest BCUT2D eigenvalue weighted by Gasteiger charge is 2.16. The molecular weight excluding hydrogens is 436 g/mol. The van der Waals surface area contributed by atoms with E-state index >= 15 is 0 Å². The van der Waals surface area contributed by atoms with Crippen LogP contribution < -0.4 is 10.1 Å². The Morgan fingerprint density at radius 1 is 1.00 bits per heavy atom. The van der Waals surface area contributed by atoms with Crippen molar-refractivity contribution >= 4 is 22.3 Å². The van der Waals surface area contributed by atoms with Gasteiger partial charge in [0.05, 0.1) is 17.9 Å². The summed E-state index contributed by atoms with van der Waals surface area (Å²) in [5.41, 5.74) is 7.20. The summed E-state index contributed by atoms with van der Waals surface area (Å²) in [4.78, 5) is 7.74. The first-order valence-electron chi connectivity index (χ1n) is 12.2. The summed E-state index contributed by atoms with van der Waals surface area (Å²) < 4.78 is 11.3. The summed E-state index contributed by atoms with van der Waals surface area (Å²) in [6.45, 7) is 8.34. The Labute approximate surface area is 206 Å². The van der Waals surface area contributed by atoms with Crippen molar-refractivity contribution in [2.45, 2.75) is 40.0 Å². The number of ether oxygens (including phenoxy) is 2. The monoisotopic (exact) mass is 468 g/mol. The van der Waals surface area contributed by atoms with E-state index in [0.717, 1.165) is 82.9 Å². The van der Waals surface area contributed by atoms with Gasteiger partial charge in [0.15, 0.2) is 0 Å². The molecule has 0 amide bonds. The van der Waals surface area contributed by atoms with Gasteiger partial charge >= 0.3 is 0 Å². The molecule has 0 fully saturated rings. The van der Waals surface area contributed by atoms with Crippen LogP contribution >= 0.6 is 0 Å². The number of benzene rings is 2. The van der Waals surface area contributed by atoms with E-state index in [1.807, 2.05) is 56.4 Å². The smallest absolute Gasteiger partial charge is 0.119 e. The van der Waals surface area contributed by atoms with Crippen molar-refractivity contribution in [3.63, 3.8) is 0 Å². The van der Waals surface area contributed by atoms with Crippen molar-refractivity contribution in [3.8, 4) is 22.9 Å². The Balaban J connectivity index is 1.54. The molecule has 35 heavy (non-hydrogen) atoms. The predicted molar refractivity (Wildman–Crippen MR) is 141 cm³/mol. The van der Waals surface area contributed by atoms with E-state index in [2.05, 4.69) is 34.3 Å². The van der Waals surface area contributed by atoms with Crippen LogP contribution in [0.1, 0.15) is 43.0 Å². The van der Waals surface area contributed by atoms with E-state index in [-0.39, 0.29) is 0 Å². The Morgan fingerprint density at radius 3 is 2.57 bits per heavy atom. The summed E-state index contributed by atoms with van der Waals surface area (Å²) in [6, 6.07) is 16.5. The number of nitrogens with one attached hydrogen (secondary N) is 2. The minimum atomic E-state index is 0.506. The molecule has 0 spiro atoms. The number of hydrogen-bond acceptors (Lipinski definition) is 5. The van der Waals surface area contributed by atoms with Gasteiger partial charge in [0, 0.05) is 53.5 Å². The van der Waals surface area contributed by atoms with Gasteiger partial charge in [-0.25, -0.2) is 0 Å². The molecule has 0 radical (unpaired) electrons. The molecule has 180 valence electrons. The maximum absolute atomic E-state index is 9.84. The average molecular weight is 469 g/mol. The lowest BCUT2D eigenvalue weighted by molar-refractivity contribution is 0.141. The van der Waals surface area contributed by atoms with E-state index < -0.39 is 0 Å². The van der Waals surface area contributed by atoms with Crippen LogP contribution in [0.25, 0.3) is 22.0 Å². The fourth-order valence-corrected chi connectivity index (χ4v) is 4.26. The largest absolute Gasteiger partial charge is 0.494 e. The number of H-pyrrole nitrogens is 1. The van der Waals surface area contributed by atoms with E-state index in [1.54, 1.807) is 6.20 Å². The molecule has 2 aromatic carbocycles. The molecule has 0 aliphatic carbocycles. The Kier molecular flexibility index (Phi) is 8.02. The van der Waals surface area contributed by atoms with Crippen LogP contribution in [0, 0.1) is 25.2 Å². The highest BCUT2D eigenvalue weighted by atomic mass is 16.5. The highest BCUT2D eigenvalue weighted by molar-refractivity contribution is 5.92. The molecule has 4 aromatic rings. The highest BCUT2D eigenvalue weighted by Crippen LogP contribution is 2.37. The van der Waals surface area contributed by atoms with Crippen molar-refractivity contribution in [2.75, 3.05) is 25.1 Å². The number of aromatic amines is 1. The molecule has 6 heteroatoms. The number of fused-ring (bicyclic) bond motifs is 1. The second kappa shape index (κ2) is 11.5. The Morgan fingerprint density at radius 2 is 1.80 bits per heavy atom. The zero-order valence-electron chi connectivity index (χ0n) is 20.6. The molecule has 0 atom stereocenters. The summed E-state index contributed by atoms with van der Waals surface area (Å²) in [7, 11) is 0. The Bertz CT molecular complexity index is 1320. The molecule has 0 saturated carbocycles. The number of nitrogens with zero attached hydrogens (tertiary/aromatic N) is 2. The second-order valence-corrected chi connectivity index (χ2v) is 8.55. The minimum absolute atomic E-state index is 0.506. The lowest BCUT2D eigenvalue weighted by atomic mass is 9.99. The summed E-state index contributed by atoms with van der Waals surface area (Å²) in [5, 5.41) is 14.5. The molecule has 0 aliphatic heterocycles. The van der Waals surface area contributed by atoms with Crippen LogP contribution in [0.15, 0.2) is 54.9 Å². The molecule has 6 nitrogen and oxygen atoms in total. The van der Waals surface area contributed by atoms with E-state index in [9.17, 15) is 5.26 Å². The topological polar surface area (TPSA) is 83.0 Å². The van der Waals surface area contributed by atoms with Gasteiger partial charge in [0.2, 0.25) is 0 Å². The van der Waals surface area contributed by atoms with Crippen LogP contribution in [-0.4, -0.2) is 29.8 Å². The number of rotatable bonds is 11. The summed E-state index contributed by atoms with van der Waals surface area (Å²) in [6.07, 6.45) is 6.72. The molecule has 2 heterocycles. The normalized spacial score (nSPS) is 10.9. The molecule has 0 unspecified atom stereocenters. The van der Waals surface area contributed by atoms with Crippen molar-refractivity contribution in [1.82, 2.24) is 9.97 Å². The first-order valence-corrected chi connectivity index (χ1v) is 12.2. The average Bonchev–Trinajstić information content (AvgIpc) is 3.36. The molecule has 4 rings (SSSR count). The molecule has 2 N–H and O–H groups in total. The lowest BCUT2D eigenvalue weighted by Crippen LogP contribution is -2.02. The molecule has 0 bridgehead atoms. The molecule has 2 aromatic heterocycles. The Hall–Kier alpha value is -3.82. The number of unbranched alkanes of at least 4 members (excludes halogenated alkanes) is 2. The second-order valence-electron chi connectivity index (χ2n) is 8.55. The first-order chi connectivity index (χ1) is 17.1. The van der Waals surface area contributed by atoms with Crippen molar-refractivity contribution in [1.29, 1.82) is 5.26 Å². The molecular formula is C29H32N4O2. The third-order valence-electron chi connectivity index (χ3n) is 6.20. The van der Waals surface area contributed by atoms with Crippen LogP contribution in [0.2, 0.25) is 0 Å². The first kappa shape index (κ1) is 24.3. The van der Waals surface area contributed by atoms with Gasteiger partial charge in [-0.15, -0.1) is 0 Å². The van der Waals surface area contributed by atoms with E-state index in [1.165, 1.54) is 0 Å². The number of anilines is 2. The van der Waals surface area contributed by atoms with Crippen LogP contribution in [0.3, 0.4) is 0 Å². The van der Waals surface area contributed by atoms with Crippen LogP contribution in [-0.2, 0) is 4.74 Å². The van der Waals surface area contributed by atoms with Gasteiger partial charge < -0.3 is 19.8 Å². The van der Waals surface area contributed by atoms with E-state index in [0.29, 0.717) is 12.2 Å². The standard InChI is InChI=1S/C29H32N4O2/c1-4-34-16-6-5-7-17-35-24-10-8-22(9-11-24)28-21(3)32-19-23(18-30)29(28)33-26-12-13-27-25(20(26)2)14-15-31-27/h8-15,19,31H,4-7,16-17H2,1-3H3,(H,32,33). The number of hydrogen-bond donors (Lipinski definition) is 2. The fourth-order valence-electron chi connectivity index (χ4n) is 4.26. The third kappa shape index (κ3) is 5.64. The zero-order valence-corrected chi connectivity index (χ0v) is 20.6. The quantitative estimate of drug-likeness (QED) is 0.231. The van der Waals surface area contributed by atoms with Crippen molar-refractivity contribution < 1.29 is 9.47 Å². The predicted octanol–water partition coefficient (Wildman–Crippen LogP) is 7.05. The SMILES string of the molecule is CCOCCCCCOc1ccc(-c2c(C)ncc(C#N)c2Nc2ccc3[nH]ccc3c2C)cc1. The van der Waals surface area contributed by atoms with Gasteiger partial charge in [-0.3, -0.25) is 4.98 Å². The minimum Gasteiger partial charge on any atom is -0.494 e. The van der Waals surface area contributed by atoms with Gasteiger partial charge in [-0.05, 0) is 81.5 Å². The number of pyridine rings is 1. The number of aromatic nitrogens is 2. The van der Waals surface area contributed by atoms with Crippen LogP contribution in [0.4, 0.5) is 11.4 Å². The molecule has 0 aliphatic rings. The zero-order chi connectivity index (χ0) is 24.6. The molecule has 0 saturated heterocycles. The maximum atomic E-state index is 9.84. The van der Waals surface area contributed by atoms with E-state index in [4.69, 9.17) is 9.47 Å². The number of nitriles is 1. The van der Waals surface area contributed by atoms with Gasteiger partial charge in [0.1, 0.15) is 11.8 Å². The fraction of sp³-hybridized carbons (Fsp3) is 0.310. The summed E-state index contributed by atoms with van der Waals surface area (Å²) in [5.74, 6) is 0.837. The summed E-state index contributed by atoms with van der Waals surface area (Å²) >= 11 is 0. The van der Waals surface area contributed by atoms with Gasteiger partial charge in [-0.2, -0.15) is 5.26 Å². The number of aryl methyl sites for hydroxylation is 2. The van der Waals surface area contributed by atoms with Crippen molar-refractivity contribution in [2.24, 2.45) is 0 Å². The van der Waals surface area contributed by atoms with Gasteiger partial charge in [0.25, 0.3) is 0 Å². The van der Waals surface area contributed by atoms with Gasteiger partial charge in [-0.1, -0.05) is 12.1 Å². The van der Waals surface area contributed by atoms with Crippen LogP contribution in [0.5, 0.6) is 5.75 Å². The third-order valence-corrected chi connectivity index (χ3v) is 6.20. The van der Waals surface area contributed by atoms with Crippen molar-refractivity contribution in [3.05, 3.63) is 71.7 Å². The lowest BCUT2D eigenvalue weighted by Gasteiger charge is -2.18.